The van der Waals surface area contributed by atoms with E-state index in [9.17, 15) is 9.59 Å². The molecule has 0 bridgehead atoms. The summed E-state index contributed by atoms with van der Waals surface area (Å²) in [6, 6.07) is 14.2. The first-order valence-electron chi connectivity index (χ1n) is 8.64. The van der Waals surface area contributed by atoms with Crippen LogP contribution in [0.4, 0.5) is 21.3 Å². The van der Waals surface area contributed by atoms with Crippen molar-refractivity contribution in [1.82, 2.24) is 4.98 Å². The van der Waals surface area contributed by atoms with Gasteiger partial charge >= 0.3 is 6.03 Å². The van der Waals surface area contributed by atoms with Gasteiger partial charge in [0, 0.05) is 4.90 Å². The molecule has 0 aliphatic heterocycles. The van der Waals surface area contributed by atoms with Crippen molar-refractivity contribution >= 4 is 51.5 Å². The summed E-state index contributed by atoms with van der Waals surface area (Å²) in [6.45, 7) is 1.73. The Morgan fingerprint density at radius 1 is 1.00 bits per heavy atom. The van der Waals surface area contributed by atoms with Crippen LogP contribution in [0.1, 0.15) is 15.4 Å². The van der Waals surface area contributed by atoms with Gasteiger partial charge in [-0.15, -0.1) is 11.8 Å². The number of nitrogens with zero attached hydrogens (tertiary/aromatic N) is 1. The van der Waals surface area contributed by atoms with Crippen LogP contribution in [0, 0.1) is 6.92 Å². The minimum absolute atomic E-state index is 0.264. The van der Waals surface area contributed by atoms with E-state index in [1.807, 2.05) is 36.6 Å². The van der Waals surface area contributed by atoms with E-state index < -0.39 is 6.03 Å². The molecule has 150 valence electrons. The van der Waals surface area contributed by atoms with E-state index in [4.69, 9.17) is 4.74 Å². The number of hydrogen-bond acceptors (Lipinski definition) is 6. The summed E-state index contributed by atoms with van der Waals surface area (Å²) < 4.78 is 5.22. The first-order chi connectivity index (χ1) is 14.0. The molecule has 1 aromatic heterocycles. The molecule has 0 radical (unpaired) electrons. The van der Waals surface area contributed by atoms with Gasteiger partial charge in [0.05, 0.1) is 24.2 Å². The maximum Gasteiger partial charge on any atom is 0.325 e. The summed E-state index contributed by atoms with van der Waals surface area (Å²) in [7, 11) is 1.53. The lowest BCUT2D eigenvalue weighted by atomic mass is 10.3. The molecule has 0 saturated carbocycles. The number of para-hydroxylation sites is 3. The van der Waals surface area contributed by atoms with E-state index in [0.29, 0.717) is 27.1 Å². The van der Waals surface area contributed by atoms with Crippen LogP contribution in [0.3, 0.4) is 0 Å². The van der Waals surface area contributed by atoms with Crippen LogP contribution in [-0.2, 0) is 0 Å². The zero-order valence-electron chi connectivity index (χ0n) is 16.1. The molecule has 0 unspecified atom stereocenters. The van der Waals surface area contributed by atoms with Gasteiger partial charge in [-0.2, -0.15) is 0 Å². The fraction of sp³-hybridized carbons (Fsp3) is 0.150. The SMILES string of the molecule is COc1ccccc1NC(=O)Nc1nc(C)c(C(=O)Nc2ccccc2SC)s1. The standard InChI is InChI=1S/C20H20N4O3S2/c1-12-17(18(25)22-14-9-5-7-11-16(14)28-3)29-20(21-12)24-19(26)23-13-8-4-6-10-15(13)27-2/h4-11H,1-3H3,(H,22,25)(H2,21,23,24,26). The Kier molecular flexibility index (Phi) is 6.73. The number of carbonyl (C=O) groups excluding carboxylic acids is 2. The zero-order valence-corrected chi connectivity index (χ0v) is 17.7. The van der Waals surface area contributed by atoms with E-state index in [0.717, 1.165) is 21.9 Å². The predicted molar refractivity (Wildman–Crippen MR) is 119 cm³/mol. The van der Waals surface area contributed by atoms with Crippen molar-refractivity contribution < 1.29 is 14.3 Å². The zero-order chi connectivity index (χ0) is 20.8. The molecule has 3 rings (SSSR count). The highest BCUT2D eigenvalue weighted by Gasteiger charge is 2.18. The Morgan fingerprint density at radius 2 is 1.69 bits per heavy atom. The fourth-order valence-electron chi connectivity index (χ4n) is 2.59. The van der Waals surface area contributed by atoms with Gasteiger partial charge in [0.15, 0.2) is 5.13 Å². The van der Waals surface area contributed by atoms with Crippen molar-refractivity contribution in [2.24, 2.45) is 0 Å². The number of methoxy groups -OCH3 is 1. The molecule has 7 nitrogen and oxygen atoms in total. The fourth-order valence-corrected chi connectivity index (χ4v) is 4.00. The second kappa shape index (κ2) is 9.44. The van der Waals surface area contributed by atoms with Gasteiger partial charge in [0.2, 0.25) is 0 Å². The molecule has 3 N–H and O–H groups in total. The van der Waals surface area contributed by atoms with Crippen LogP contribution >= 0.6 is 23.1 Å². The Hall–Kier alpha value is -3.04. The van der Waals surface area contributed by atoms with E-state index in [2.05, 4.69) is 20.9 Å². The minimum atomic E-state index is -0.470. The molecule has 0 saturated heterocycles. The van der Waals surface area contributed by atoms with Crippen LogP contribution in [0.15, 0.2) is 53.4 Å². The summed E-state index contributed by atoms with van der Waals surface area (Å²) in [6.07, 6.45) is 1.95. The monoisotopic (exact) mass is 428 g/mol. The van der Waals surface area contributed by atoms with E-state index in [1.165, 1.54) is 7.11 Å². The maximum absolute atomic E-state index is 12.7. The molecule has 0 spiro atoms. The van der Waals surface area contributed by atoms with Gasteiger partial charge in [-0.3, -0.25) is 10.1 Å². The summed E-state index contributed by atoms with van der Waals surface area (Å²) in [4.78, 5) is 30.7. The first-order valence-corrected chi connectivity index (χ1v) is 10.7. The molecule has 3 aromatic rings. The summed E-state index contributed by atoms with van der Waals surface area (Å²) in [5.41, 5.74) is 1.82. The number of benzene rings is 2. The van der Waals surface area contributed by atoms with E-state index in [-0.39, 0.29) is 5.91 Å². The molecule has 29 heavy (non-hydrogen) atoms. The molecule has 0 fully saturated rings. The highest BCUT2D eigenvalue weighted by Crippen LogP contribution is 2.28. The number of anilines is 3. The second-order valence-corrected chi connectivity index (χ2v) is 7.71. The molecule has 2 aromatic carbocycles. The molecular formula is C20H20N4O3S2. The van der Waals surface area contributed by atoms with Gasteiger partial charge in [-0.25, -0.2) is 9.78 Å². The molecule has 0 aliphatic carbocycles. The number of hydrogen-bond donors (Lipinski definition) is 3. The Morgan fingerprint density at radius 3 is 2.41 bits per heavy atom. The van der Waals surface area contributed by atoms with Gasteiger partial charge < -0.3 is 15.4 Å². The Bertz CT molecular complexity index is 1040. The third-order valence-electron chi connectivity index (χ3n) is 3.93. The predicted octanol–water partition coefficient (Wildman–Crippen LogP) is 5.08. The molecule has 0 atom stereocenters. The number of thioether (sulfide) groups is 1. The smallest absolute Gasteiger partial charge is 0.325 e. The molecule has 1 heterocycles. The number of rotatable bonds is 6. The average molecular weight is 429 g/mol. The number of carbonyl (C=O) groups is 2. The van der Waals surface area contributed by atoms with Crippen molar-refractivity contribution in [3.05, 3.63) is 59.1 Å². The van der Waals surface area contributed by atoms with Crippen molar-refractivity contribution in [3.8, 4) is 5.75 Å². The number of ether oxygens (including phenoxy) is 1. The number of amides is 3. The lowest BCUT2D eigenvalue weighted by Gasteiger charge is -2.09. The van der Waals surface area contributed by atoms with Crippen LogP contribution < -0.4 is 20.7 Å². The first kappa shape index (κ1) is 20.7. The summed E-state index contributed by atoms with van der Waals surface area (Å²) >= 11 is 2.67. The Labute approximate surface area is 176 Å². The minimum Gasteiger partial charge on any atom is -0.495 e. The van der Waals surface area contributed by atoms with E-state index in [1.54, 1.807) is 36.9 Å². The normalized spacial score (nSPS) is 10.3. The van der Waals surface area contributed by atoms with Gasteiger partial charge in [0.1, 0.15) is 10.6 Å². The highest BCUT2D eigenvalue weighted by molar-refractivity contribution is 7.98. The average Bonchev–Trinajstić information content (AvgIpc) is 3.08. The van der Waals surface area contributed by atoms with Crippen LogP contribution in [-0.4, -0.2) is 30.3 Å². The second-order valence-electron chi connectivity index (χ2n) is 5.87. The number of aryl methyl sites for hydroxylation is 1. The molecule has 9 heteroatoms. The Balaban J connectivity index is 1.69. The number of thiazole rings is 1. The molecule has 3 amide bonds. The third-order valence-corrected chi connectivity index (χ3v) is 5.80. The molecular weight excluding hydrogens is 408 g/mol. The van der Waals surface area contributed by atoms with Crippen molar-refractivity contribution in [1.29, 1.82) is 0 Å². The number of urea groups is 1. The summed E-state index contributed by atoms with van der Waals surface area (Å²) in [5, 5.41) is 8.61. The molecule has 0 aliphatic rings. The lowest BCUT2D eigenvalue weighted by Crippen LogP contribution is -2.19. The highest BCUT2D eigenvalue weighted by atomic mass is 32.2. The number of aromatic nitrogens is 1. The van der Waals surface area contributed by atoms with Crippen molar-refractivity contribution in [2.45, 2.75) is 11.8 Å². The largest absolute Gasteiger partial charge is 0.495 e. The van der Waals surface area contributed by atoms with Gasteiger partial charge in [0.25, 0.3) is 5.91 Å². The third kappa shape index (κ3) is 5.07. The van der Waals surface area contributed by atoms with Gasteiger partial charge in [-0.05, 0) is 37.4 Å². The summed E-state index contributed by atoms with van der Waals surface area (Å²) in [5.74, 6) is 0.283. The lowest BCUT2D eigenvalue weighted by molar-refractivity contribution is 0.102. The number of nitrogens with one attached hydrogen (secondary N) is 3. The van der Waals surface area contributed by atoms with E-state index >= 15 is 0 Å². The quantitative estimate of drug-likeness (QED) is 0.476. The maximum atomic E-state index is 12.7. The van der Waals surface area contributed by atoms with Crippen LogP contribution in [0.2, 0.25) is 0 Å². The van der Waals surface area contributed by atoms with Gasteiger partial charge in [-0.1, -0.05) is 35.6 Å². The van der Waals surface area contributed by atoms with Crippen molar-refractivity contribution in [3.63, 3.8) is 0 Å². The van der Waals surface area contributed by atoms with Crippen LogP contribution in [0.25, 0.3) is 0 Å². The van der Waals surface area contributed by atoms with Crippen molar-refractivity contribution in [2.75, 3.05) is 29.3 Å². The van der Waals surface area contributed by atoms with Crippen LogP contribution in [0.5, 0.6) is 5.75 Å². The topological polar surface area (TPSA) is 92.3 Å².